The van der Waals surface area contributed by atoms with Gasteiger partial charge in [0.2, 0.25) is 0 Å². The number of hydrogen-bond acceptors (Lipinski definition) is 3. The highest BCUT2D eigenvalue weighted by molar-refractivity contribution is 5.59. The first-order chi connectivity index (χ1) is 4.31. The molecular weight excluding hydrogens is 127 g/mol. The summed E-state index contributed by atoms with van der Waals surface area (Å²) in [5.41, 5.74) is 0. The minimum absolute atomic E-state index is 0.275. The highest BCUT2D eigenvalue weighted by atomic mass is 19.1. The van der Waals surface area contributed by atoms with Crippen molar-refractivity contribution in [2.75, 3.05) is 13.7 Å². The molecule has 0 rings (SSSR count). The van der Waals surface area contributed by atoms with Gasteiger partial charge in [-0.3, -0.25) is 0 Å². The molecule has 0 saturated carbocycles. The van der Waals surface area contributed by atoms with Crippen LogP contribution in [-0.4, -0.2) is 19.9 Å². The second kappa shape index (κ2) is 4.91. The molecule has 50 valence electrons. The van der Waals surface area contributed by atoms with Crippen molar-refractivity contribution in [2.45, 2.75) is 0 Å². The molecule has 0 saturated heterocycles. The monoisotopic (exact) mass is 132 g/mol. The smallest absolute Gasteiger partial charge is 0.438 e. The topological polar surface area (TPSA) is 35.5 Å². The van der Waals surface area contributed by atoms with E-state index in [1.807, 2.05) is 5.92 Å². The van der Waals surface area contributed by atoms with E-state index in [2.05, 4.69) is 9.47 Å². The molecule has 0 radical (unpaired) electrons. The van der Waals surface area contributed by atoms with Gasteiger partial charge in [-0.05, 0) is 5.92 Å². The van der Waals surface area contributed by atoms with Gasteiger partial charge in [0.15, 0.2) is 6.61 Å². The third kappa shape index (κ3) is 4.62. The first-order valence-electron chi connectivity index (χ1n) is 2.10. The molecule has 3 nitrogen and oxygen atoms in total. The molecule has 0 heterocycles. The van der Waals surface area contributed by atoms with Crippen LogP contribution in [-0.2, 0) is 9.47 Å². The summed E-state index contributed by atoms with van der Waals surface area (Å²) in [5, 5.41) is 0. The summed E-state index contributed by atoms with van der Waals surface area (Å²) in [6.07, 6.45) is 0.201. The second-order valence-corrected chi connectivity index (χ2v) is 1.01. The Bertz CT molecular complexity index is 144. The fourth-order valence-electron chi connectivity index (χ4n) is 0.181. The van der Waals surface area contributed by atoms with Crippen molar-refractivity contribution in [2.24, 2.45) is 0 Å². The molecule has 9 heavy (non-hydrogen) atoms. The number of halogens is 1. The van der Waals surface area contributed by atoms with Gasteiger partial charge in [-0.25, -0.2) is 4.79 Å². The van der Waals surface area contributed by atoms with Gasteiger partial charge in [0.05, 0.1) is 7.11 Å². The van der Waals surface area contributed by atoms with E-state index in [-0.39, 0.29) is 6.61 Å². The van der Waals surface area contributed by atoms with Crippen molar-refractivity contribution in [3.63, 3.8) is 0 Å². The molecule has 0 N–H and O–H groups in total. The van der Waals surface area contributed by atoms with Crippen molar-refractivity contribution in [3.05, 3.63) is 0 Å². The standard InChI is InChI=1S/C5H5FO3/c1-8-5(7)9-4-2-3-6/h4H2,1H3. The van der Waals surface area contributed by atoms with Crippen molar-refractivity contribution >= 4 is 6.16 Å². The predicted octanol–water partition coefficient (Wildman–Crippen LogP) is 0.700. The highest BCUT2D eigenvalue weighted by Gasteiger charge is 1.94. The Morgan fingerprint density at radius 2 is 2.44 bits per heavy atom. The lowest BCUT2D eigenvalue weighted by molar-refractivity contribution is 0.0832. The van der Waals surface area contributed by atoms with Crippen LogP contribution < -0.4 is 0 Å². The number of methoxy groups -OCH3 is 1. The maximum atomic E-state index is 11.0. The summed E-state index contributed by atoms with van der Waals surface area (Å²) in [7, 11) is 1.16. The van der Waals surface area contributed by atoms with Crippen molar-refractivity contribution in [1.29, 1.82) is 0 Å². The Labute approximate surface area is 51.8 Å². The van der Waals surface area contributed by atoms with Crippen LogP contribution in [0.2, 0.25) is 0 Å². The molecule has 0 aromatic carbocycles. The molecule has 0 aromatic heterocycles. The number of ether oxygens (including phenoxy) is 2. The lowest BCUT2D eigenvalue weighted by Crippen LogP contribution is -2.03. The molecule has 0 fully saturated rings. The van der Waals surface area contributed by atoms with Crippen molar-refractivity contribution in [3.8, 4) is 12.1 Å². The lowest BCUT2D eigenvalue weighted by atomic mass is 10.7. The van der Waals surface area contributed by atoms with E-state index in [9.17, 15) is 9.18 Å². The maximum absolute atomic E-state index is 11.0. The van der Waals surface area contributed by atoms with Crippen molar-refractivity contribution in [1.82, 2.24) is 0 Å². The van der Waals surface area contributed by atoms with Gasteiger partial charge < -0.3 is 9.47 Å². The predicted molar refractivity (Wildman–Crippen MR) is 27.2 cm³/mol. The van der Waals surface area contributed by atoms with Gasteiger partial charge in [0.1, 0.15) is 6.17 Å². The van der Waals surface area contributed by atoms with E-state index < -0.39 is 6.16 Å². The Balaban J connectivity index is 3.24. The van der Waals surface area contributed by atoms with E-state index in [1.165, 1.54) is 0 Å². The normalized spacial score (nSPS) is 6.89. The summed E-state index contributed by atoms with van der Waals surface area (Å²) in [6, 6.07) is 0. The Morgan fingerprint density at radius 1 is 1.78 bits per heavy atom. The average Bonchev–Trinajstić information content (AvgIpc) is 1.89. The number of rotatable bonds is 1. The summed E-state index contributed by atoms with van der Waals surface area (Å²) in [5.74, 6) is 1.87. The van der Waals surface area contributed by atoms with Crippen LogP contribution in [0.3, 0.4) is 0 Å². The summed E-state index contributed by atoms with van der Waals surface area (Å²) >= 11 is 0. The third-order valence-electron chi connectivity index (χ3n) is 0.496. The zero-order valence-corrected chi connectivity index (χ0v) is 4.81. The van der Waals surface area contributed by atoms with E-state index in [0.29, 0.717) is 0 Å². The largest absolute Gasteiger partial charge is 0.508 e. The van der Waals surface area contributed by atoms with Crippen molar-refractivity contribution < 1.29 is 18.7 Å². The number of carbonyl (C=O) groups is 1. The molecule has 0 spiro atoms. The van der Waals surface area contributed by atoms with Gasteiger partial charge in [0, 0.05) is 0 Å². The average molecular weight is 132 g/mol. The van der Waals surface area contributed by atoms with Gasteiger partial charge in [-0.1, -0.05) is 0 Å². The quantitative estimate of drug-likeness (QED) is 0.389. The molecule has 4 heteroatoms. The maximum Gasteiger partial charge on any atom is 0.508 e. The minimum Gasteiger partial charge on any atom is -0.438 e. The lowest BCUT2D eigenvalue weighted by Gasteiger charge is -1.94. The Hall–Kier alpha value is -1.24. The summed E-state index contributed by atoms with van der Waals surface area (Å²) in [4.78, 5) is 10.1. The van der Waals surface area contributed by atoms with Gasteiger partial charge >= 0.3 is 6.16 Å². The summed E-state index contributed by atoms with van der Waals surface area (Å²) in [6.45, 7) is -0.275. The van der Waals surface area contributed by atoms with E-state index >= 15 is 0 Å². The fraction of sp³-hybridized carbons (Fsp3) is 0.400. The molecule has 0 amide bonds. The van der Waals surface area contributed by atoms with Crippen LogP contribution in [0.4, 0.5) is 9.18 Å². The molecule has 0 bridgehead atoms. The second-order valence-electron chi connectivity index (χ2n) is 1.01. The molecule has 0 aromatic rings. The molecule has 0 aliphatic heterocycles. The molecule has 0 aliphatic carbocycles. The van der Waals surface area contributed by atoms with Crippen LogP contribution in [0, 0.1) is 12.1 Å². The Kier molecular flexibility index (Phi) is 4.23. The van der Waals surface area contributed by atoms with Crippen LogP contribution >= 0.6 is 0 Å². The van der Waals surface area contributed by atoms with E-state index in [1.54, 1.807) is 0 Å². The zero-order chi connectivity index (χ0) is 7.11. The number of carbonyl (C=O) groups excluding carboxylic acids is 1. The van der Waals surface area contributed by atoms with Gasteiger partial charge in [-0.15, -0.1) is 4.39 Å². The first kappa shape index (κ1) is 7.76. The van der Waals surface area contributed by atoms with Gasteiger partial charge in [0.25, 0.3) is 0 Å². The van der Waals surface area contributed by atoms with E-state index in [4.69, 9.17) is 0 Å². The number of hydrogen-bond donors (Lipinski definition) is 0. The van der Waals surface area contributed by atoms with Crippen LogP contribution in [0.5, 0.6) is 0 Å². The molecule has 0 atom stereocenters. The van der Waals surface area contributed by atoms with Crippen LogP contribution in [0.1, 0.15) is 0 Å². The molecule has 0 aliphatic rings. The first-order valence-corrected chi connectivity index (χ1v) is 2.10. The fourth-order valence-corrected chi connectivity index (χ4v) is 0.181. The third-order valence-corrected chi connectivity index (χ3v) is 0.496. The SMILES string of the molecule is COC(=O)OCC#CF. The summed E-state index contributed by atoms with van der Waals surface area (Å²) < 4.78 is 19.2. The van der Waals surface area contributed by atoms with E-state index in [0.717, 1.165) is 13.3 Å². The Morgan fingerprint density at radius 3 is 2.89 bits per heavy atom. The highest BCUT2D eigenvalue weighted by Crippen LogP contribution is 1.78. The van der Waals surface area contributed by atoms with Crippen LogP contribution in [0.25, 0.3) is 0 Å². The van der Waals surface area contributed by atoms with Crippen LogP contribution in [0.15, 0.2) is 0 Å². The molecular formula is C5H5FO3. The van der Waals surface area contributed by atoms with Gasteiger partial charge in [-0.2, -0.15) is 0 Å². The molecule has 0 unspecified atom stereocenters. The minimum atomic E-state index is -0.863. The zero-order valence-electron chi connectivity index (χ0n) is 4.81.